The molecule has 0 aliphatic rings. The van der Waals surface area contributed by atoms with Gasteiger partial charge in [0.1, 0.15) is 12.0 Å². The third kappa shape index (κ3) is 1.12. The van der Waals surface area contributed by atoms with E-state index in [0.29, 0.717) is 5.52 Å². The Balaban J connectivity index is 2.86. The number of nitrogens with zero attached hydrogens (tertiary/aromatic N) is 2. The van der Waals surface area contributed by atoms with Gasteiger partial charge < -0.3 is 0 Å². The molecular formula is C8H3ClFN2. The minimum absolute atomic E-state index is 0.0769. The van der Waals surface area contributed by atoms with Crippen LogP contribution in [-0.2, 0) is 0 Å². The molecule has 0 spiro atoms. The quantitative estimate of drug-likeness (QED) is 0.583. The number of halogens is 2. The molecule has 0 saturated carbocycles. The lowest BCUT2D eigenvalue weighted by Crippen LogP contribution is -1.86. The van der Waals surface area contributed by atoms with Crippen molar-refractivity contribution in [3.8, 4) is 0 Å². The fourth-order valence-electron chi connectivity index (χ4n) is 0.943. The predicted octanol–water partition coefficient (Wildman–Crippen LogP) is 2.22. The van der Waals surface area contributed by atoms with Crippen LogP contribution in [0.4, 0.5) is 4.39 Å². The molecule has 1 radical (unpaired) electrons. The summed E-state index contributed by atoms with van der Waals surface area (Å²) in [6.45, 7) is 0. The maximum atomic E-state index is 13.0. The lowest BCUT2D eigenvalue weighted by atomic mass is 10.2. The smallest absolute Gasteiger partial charge is 0.218 e. The van der Waals surface area contributed by atoms with E-state index >= 15 is 0 Å². The van der Waals surface area contributed by atoms with Crippen molar-refractivity contribution < 1.29 is 4.39 Å². The van der Waals surface area contributed by atoms with Crippen molar-refractivity contribution in [1.29, 1.82) is 0 Å². The summed E-state index contributed by atoms with van der Waals surface area (Å²) in [6, 6.07) is 4.55. The largest absolute Gasteiger partial charge is 0.223 e. The van der Waals surface area contributed by atoms with Gasteiger partial charge in [0.15, 0.2) is 0 Å². The van der Waals surface area contributed by atoms with Gasteiger partial charge in [0.2, 0.25) is 5.28 Å². The second-order valence-electron chi connectivity index (χ2n) is 2.24. The summed E-state index contributed by atoms with van der Waals surface area (Å²) < 4.78 is 13.0. The lowest BCUT2D eigenvalue weighted by Gasteiger charge is -1.95. The molecule has 1 aromatic carbocycles. The van der Waals surface area contributed by atoms with Gasteiger partial charge in [-0.2, -0.15) is 0 Å². The van der Waals surface area contributed by atoms with E-state index < -0.39 is 0 Å². The highest BCUT2D eigenvalue weighted by molar-refractivity contribution is 6.28. The number of benzene rings is 1. The summed E-state index contributed by atoms with van der Waals surface area (Å²) in [5.74, 6) is -0.385. The Morgan fingerprint density at radius 1 is 1.42 bits per heavy atom. The highest BCUT2D eigenvalue weighted by atomic mass is 35.5. The SMILES string of the molecule is Fc1cccc2nc(Cl)n[c]c12. The molecule has 1 heterocycles. The topological polar surface area (TPSA) is 25.8 Å². The summed E-state index contributed by atoms with van der Waals surface area (Å²) >= 11 is 5.50. The fraction of sp³-hybridized carbons (Fsp3) is 0. The first-order chi connectivity index (χ1) is 5.77. The van der Waals surface area contributed by atoms with Crippen molar-refractivity contribution in [1.82, 2.24) is 9.97 Å². The average molecular weight is 182 g/mol. The molecule has 2 nitrogen and oxygen atoms in total. The van der Waals surface area contributed by atoms with Gasteiger partial charge in [0, 0.05) is 0 Å². The number of rotatable bonds is 0. The molecule has 0 aliphatic heterocycles. The molecule has 0 aliphatic carbocycles. The number of hydrogen-bond acceptors (Lipinski definition) is 2. The van der Waals surface area contributed by atoms with Crippen LogP contribution < -0.4 is 0 Å². The van der Waals surface area contributed by atoms with Crippen LogP contribution >= 0.6 is 11.6 Å². The van der Waals surface area contributed by atoms with Crippen molar-refractivity contribution in [3.05, 3.63) is 35.5 Å². The Hall–Kier alpha value is -1.22. The number of fused-ring (bicyclic) bond motifs is 1. The van der Waals surface area contributed by atoms with Gasteiger partial charge in [0.25, 0.3) is 0 Å². The van der Waals surface area contributed by atoms with E-state index in [1.807, 2.05) is 0 Å². The highest BCUT2D eigenvalue weighted by Crippen LogP contribution is 2.14. The van der Waals surface area contributed by atoms with Crippen molar-refractivity contribution >= 4 is 22.5 Å². The van der Waals surface area contributed by atoms with Gasteiger partial charge in [-0.05, 0) is 23.7 Å². The fourth-order valence-corrected chi connectivity index (χ4v) is 1.08. The van der Waals surface area contributed by atoms with Crippen LogP contribution in [0.2, 0.25) is 5.28 Å². The Bertz CT molecular complexity index is 430. The van der Waals surface area contributed by atoms with Crippen LogP contribution in [-0.4, -0.2) is 9.97 Å². The molecule has 4 heteroatoms. The first kappa shape index (κ1) is 7.43. The molecule has 12 heavy (non-hydrogen) atoms. The Morgan fingerprint density at radius 3 is 3.08 bits per heavy atom. The third-order valence-electron chi connectivity index (χ3n) is 1.46. The molecule has 59 valence electrons. The maximum absolute atomic E-state index is 13.0. The van der Waals surface area contributed by atoms with Crippen molar-refractivity contribution in [3.63, 3.8) is 0 Å². The second-order valence-corrected chi connectivity index (χ2v) is 2.58. The zero-order chi connectivity index (χ0) is 8.55. The molecule has 0 amide bonds. The summed E-state index contributed by atoms with van der Waals surface area (Å²) in [5, 5.41) is 0.343. The van der Waals surface area contributed by atoms with Crippen LogP contribution in [0.3, 0.4) is 0 Å². The van der Waals surface area contributed by atoms with Crippen LogP contribution in [0.25, 0.3) is 10.9 Å². The van der Waals surface area contributed by atoms with Crippen molar-refractivity contribution in [2.45, 2.75) is 0 Å². The predicted molar refractivity (Wildman–Crippen MR) is 43.3 cm³/mol. The molecule has 1 aromatic heterocycles. The minimum atomic E-state index is -0.385. The Kier molecular flexibility index (Phi) is 1.66. The zero-order valence-corrected chi connectivity index (χ0v) is 6.64. The zero-order valence-electron chi connectivity index (χ0n) is 5.88. The Morgan fingerprint density at radius 2 is 2.25 bits per heavy atom. The number of hydrogen-bond donors (Lipinski definition) is 0. The molecule has 0 fully saturated rings. The van der Waals surface area contributed by atoms with E-state index in [4.69, 9.17) is 11.6 Å². The first-order valence-electron chi connectivity index (χ1n) is 3.27. The third-order valence-corrected chi connectivity index (χ3v) is 1.63. The minimum Gasteiger partial charge on any atom is -0.218 e. The van der Waals surface area contributed by atoms with Gasteiger partial charge >= 0.3 is 0 Å². The molecule has 0 atom stereocenters. The summed E-state index contributed by atoms with van der Waals surface area (Å²) in [6.07, 6.45) is 2.47. The highest BCUT2D eigenvalue weighted by Gasteiger charge is 2.01. The summed E-state index contributed by atoms with van der Waals surface area (Å²) in [4.78, 5) is 7.38. The molecule has 0 saturated heterocycles. The van der Waals surface area contributed by atoms with Crippen LogP contribution in [0.5, 0.6) is 0 Å². The van der Waals surface area contributed by atoms with E-state index in [0.717, 1.165) is 0 Å². The lowest BCUT2D eigenvalue weighted by molar-refractivity contribution is 0.639. The first-order valence-corrected chi connectivity index (χ1v) is 3.64. The monoisotopic (exact) mass is 181 g/mol. The van der Waals surface area contributed by atoms with E-state index in [9.17, 15) is 4.39 Å². The van der Waals surface area contributed by atoms with E-state index in [-0.39, 0.29) is 16.5 Å². The summed E-state index contributed by atoms with van der Waals surface area (Å²) in [5.41, 5.74) is 0.468. The van der Waals surface area contributed by atoms with E-state index in [1.54, 1.807) is 12.1 Å². The van der Waals surface area contributed by atoms with Gasteiger partial charge in [-0.3, -0.25) is 0 Å². The normalized spacial score (nSPS) is 10.5. The van der Waals surface area contributed by atoms with Gasteiger partial charge in [-0.1, -0.05) is 6.07 Å². The molecule has 0 N–H and O–H groups in total. The molecule has 2 rings (SSSR count). The van der Waals surface area contributed by atoms with Crippen molar-refractivity contribution in [2.75, 3.05) is 0 Å². The molecule has 2 aromatic rings. The molecular weight excluding hydrogens is 179 g/mol. The van der Waals surface area contributed by atoms with Gasteiger partial charge in [-0.25, -0.2) is 14.4 Å². The van der Waals surface area contributed by atoms with Crippen LogP contribution in [0, 0.1) is 12.0 Å². The van der Waals surface area contributed by atoms with Crippen molar-refractivity contribution in [2.24, 2.45) is 0 Å². The van der Waals surface area contributed by atoms with E-state index in [2.05, 4.69) is 16.2 Å². The second kappa shape index (κ2) is 2.68. The van der Waals surface area contributed by atoms with Crippen LogP contribution in [0.15, 0.2) is 18.2 Å². The van der Waals surface area contributed by atoms with E-state index in [1.165, 1.54) is 6.07 Å². The maximum Gasteiger partial charge on any atom is 0.223 e. The Labute approximate surface area is 73.0 Å². The van der Waals surface area contributed by atoms with Crippen LogP contribution in [0.1, 0.15) is 0 Å². The van der Waals surface area contributed by atoms with Gasteiger partial charge in [-0.15, -0.1) is 0 Å². The molecule has 0 bridgehead atoms. The number of aromatic nitrogens is 2. The summed E-state index contributed by atoms with van der Waals surface area (Å²) in [7, 11) is 0. The average Bonchev–Trinajstić information content (AvgIpc) is 2.04. The van der Waals surface area contributed by atoms with Gasteiger partial charge in [0.05, 0.1) is 10.9 Å². The molecule has 0 unspecified atom stereocenters. The standard InChI is InChI=1S/C8H3ClFN2/c9-8-11-4-5-6(10)2-1-3-7(5)12-8/h1-3H.